The third kappa shape index (κ3) is 2.00. The van der Waals surface area contributed by atoms with E-state index in [-0.39, 0.29) is 5.41 Å². The van der Waals surface area contributed by atoms with Gasteiger partial charge in [-0.3, -0.25) is 0 Å². The van der Waals surface area contributed by atoms with Crippen LogP contribution >= 0.6 is 0 Å². The second-order valence-electron chi connectivity index (χ2n) is 6.14. The summed E-state index contributed by atoms with van der Waals surface area (Å²) in [4.78, 5) is 0. The molecule has 0 heterocycles. The molecule has 0 saturated carbocycles. The fraction of sp³-hybridized carbons (Fsp3) is 0.474. The zero-order valence-electron chi connectivity index (χ0n) is 12.7. The molecule has 106 valence electrons. The van der Waals surface area contributed by atoms with Gasteiger partial charge in [-0.25, -0.2) is 0 Å². The highest BCUT2D eigenvalue weighted by molar-refractivity contribution is 5.50. The summed E-state index contributed by atoms with van der Waals surface area (Å²) in [6.07, 6.45) is 9.52. The molecule has 1 nitrogen and oxygen atoms in total. The van der Waals surface area contributed by atoms with Crippen molar-refractivity contribution in [3.63, 3.8) is 0 Å². The predicted octanol–water partition coefficient (Wildman–Crippen LogP) is 4.96. The molecule has 1 aromatic rings. The van der Waals surface area contributed by atoms with Crippen LogP contribution < -0.4 is 4.74 Å². The highest BCUT2D eigenvalue weighted by atomic mass is 16.5. The Balaban J connectivity index is 2.17. The number of fused-ring (bicyclic) bond motifs is 3. The van der Waals surface area contributed by atoms with Gasteiger partial charge in [0.15, 0.2) is 0 Å². The highest BCUT2D eigenvalue weighted by Gasteiger charge is 2.39. The molecule has 0 aliphatic heterocycles. The molecular weight excluding hydrogens is 244 g/mol. The van der Waals surface area contributed by atoms with Crippen molar-refractivity contribution < 1.29 is 4.74 Å². The number of aryl methyl sites for hydroxylation is 1. The zero-order chi connectivity index (χ0) is 14.2. The molecule has 1 atom stereocenters. The Labute approximate surface area is 122 Å². The average molecular weight is 268 g/mol. The average Bonchev–Trinajstić information content (AvgIpc) is 2.63. The molecule has 0 radical (unpaired) electrons. The Kier molecular flexibility index (Phi) is 3.45. The van der Waals surface area contributed by atoms with Gasteiger partial charge >= 0.3 is 0 Å². The smallest absolute Gasteiger partial charge is 0.119 e. The van der Waals surface area contributed by atoms with Crippen molar-refractivity contribution in [2.24, 2.45) is 0 Å². The second-order valence-corrected chi connectivity index (χ2v) is 6.14. The van der Waals surface area contributed by atoms with Crippen LogP contribution in [0.25, 0.3) is 0 Å². The molecule has 3 rings (SSSR count). The molecule has 0 saturated heterocycles. The van der Waals surface area contributed by atoms with E-state index in [4.69, 9.17) is 4.74 Å². The van der Waals surface area contributed by atoms with Gasteiger partial charge in [0.25, 0.3) is 0 Å². The zero-order valence-corrected chi connectivity index (χ0v) is 12.7. The summed E-state index contributed by atoms with van der Waals surface area (Å²) in [7, 11) is 1.75. The van der Waals surface area contributed by atoms with Gasteiger partial charge in [0.2, 0.25) is 0 Å². The Morgan fingerprint density at radius 1 is 1.25 bits per heavy atom. The first kappa shape index (κ1) is 13.5. The quantitative estimate of drug-likeness (QED) is 0.737. The number of allylic oxidation sites excluding steroid dienone is 3. The summed E-state index contributed by atoms with van der Waals surface area (Å²) in [6.45, 7) is 6.52. The lowest BCUT2D eigenvalue weighted by Gasteiger charge is -2.39. The van der Waals surface area contributed by atoms with E-state index in [1.807, 2.05) is 0 Å². The van der Waals surface area contributed by atoms with Crippen LogP contribution in [-0.2, 0) is 11.8 Å². The Morgan fingerprint density at radius 3 is 2.85 bits per heavy atom. The van der Waals surface area contributed by atoms with Crippen molar-refractivity contribution in [3.05, 3.63) is 53.1 Å². The molecule has 0 bridgehead atoms. The third-order valence-electron chi connectivity index (χ3n) is 5.19. The van der Waals surface area contributed by atoms with Crippen molar-refractivity contribution in [1.82, 2.24) is 0 Å². The first-order valence-electron chi connectivity index (χ1n) is 7.76. The second kappa shape index (κ2) is 5.12. The number of methoxy groups -OCH3 is 1. The summed E-state index contributed by atoms with van der Waals surface area (Å²) < 4.78 is 5.41. The number of rotatable bonds is 2. The van der Waals surface area contributed by atoms with Crippen molar-refractivity contribution >= 4 is 0 Å². The summed E-state index contributed by atoms with van der Waals surface area (Å²) in [6, 6.07) is 6.69. The van der Waals surface area contributed by atoms with Gasteiger partial charge in [-0.05, 0) is 61.8 Å². The van der Waals surface area contributed by atoms with Crippen molar-refractivity contribution in [2.75, 3.05) is 7.11 Å². The minimum absolute atomic E-state index is 0.249. The molecular formula is C19H24O. The van der Waals surface area contributed by atoms with Crippen LogP contribution in [0, 0.1) is 0 Å². The maximum Gasteiger partial charge on any atom is 0.119 e. The number of hydrogen-bond donors (Lipinski definition) is 0. The number of hydrogen-bond acceptors (Lipinski definition) is 1. The van der Waals surface area contributed by atoms with Crippen LogP contribution in [0.2, 0.25) is 0 Å². The fourth-order valence-electron chi connectivity index (χ4n) is 4.04. The Hall–Kier alpha value is -1.50. The molecule has 0 N–H and O–H groups in total. The van der Waals surface area contributed by atoms with E-state index in [9.17, 15) is 0 Å². The summed E-state index contributed by atoms with van der Waals surface area (Å²) in [5.74, 6) is 0.989. The molecule has 0 amide bonds. The number of benzene rings is 1. The van der Waals surface area contributed by atoms with Gasteiger partial charge in [0.1, 0.15) is 5.75 Å². The lowest BCUT2D eigenvalue weighted by Crippen LogP contribution is -2.30. The maximum absolute atomic E-state index is 5.41. The first-order chi connectivity index (χ1) is 9.69. The normalized spacial score (nSPS) is 25.3. The molecule has 1 heteroatoms. The minimum Gasteiger partial charge on any atom is -0.497 e. The van der Waals surface area contributed by atoms with E-state index in [1.165, 1.54) is 42.4 Å². The standard InChI is InChI=1S/C19H24O/c1-4-19-11-10-14(2)12-16(19)7-5-6-15-13-17(20-3)8-9-18(15)19/h8-9,12-13H,2,4-7,10-11H2,1,3H3. The van der Waals surface area contributed by atoms with E-state index < -0.39 is 0 Å². The SMILES string of the molecule is C=C1C=C2CCCc3cc(OC)ccc3C2(CC)CC1. The molecule has 0 spiro atoms. The van der Waals surface area contributed by atoms with Crippen LogP contribution in [0.4, 0.5) is 0 Å². The molecule has 0 aromatic heterocycles. The summed E-state index contributed by atoms with van der Waals surface area (Å²) in [5, 5.41) is 0. The van der Waals surface area contributed by atoms with E-state index >= 15 is 0 Å². The minimum atomic E-state index is 0.249. The first-order valence-corrected chi connectivity index (χ1v) is 7.76. The Bertz CT molecular complexity index is 567. The largest absolute Gasteiger partial charge is 0.497 e. The van der Waals surface area contributed by atoms with Gasteiger partial charge in [0.05, 0.1) is 7.11 Å². The molecule has 2 aliphatic rings. The van der Waals surface area contributed by atoms with E-state index in [0.717, 1.165) is 18.6 Å². The fourth-order valence-corrected chi connectivity index (χ4v) is 4.04. The van der Waals surface area contributed by atoms with Gasteiger partial charge in [-0.2, -0.15) is 0 Å². The van der Waals surface area contributed by atoms with E-state index in [1.54, 1.807) is 12.7 Å². The van der Waals surface area contributed by atoms with Crippen molar-refractivity contribution in [2.45, 2.75) is 50.9 Å². The van der Waals surface area contributed by atoms with Crippen LogP contribution in [0.1, 0.15) is 50.2 Å². The van der Waals surface area contributed by atoms with Crippen LogP contribution in [0.15, 0.2) is 42.0 Å². The highest BCUT2D eigenvalue weighted by Crippen LogP contribution is 2.49. The predicted molar refractivity (Wildman–Crippen MR) is 84.4 cm³/mol. The number of ether oxygens (including phenoxy) is 1. The molecule has 1 aromatic carbocycles. The van der Waals surface area contributed by atoms with Crippen LogP contribution in [-0.4, -0.2) is 7.11 Å². The Morgan fingerprint density at radius 2 is 2.10 bits per heavy atom. The van der Waals surface area contributed by atoms with Crippen LogP contribution in [0.3, 0.4) is 0 Å². The van der Waals surface area contributed by atoms with E-state index in [2.05, 4.69) is 37.8 Å². The molecule has 2 aliphatic carbocycles. The topological polar surface area (TPSA) is 9.23 Å². The third-order valence-corrected chi connectivity index (χ3v) is 5.19. The maximum atomic E-state index is 5.41. The monoisotopic (exact) mass is 268 g/mol. The lowest BCUT2D eigenvalue weighted by molar-refractivity contribution is 0.409. The summed E-state index contributed by atoms with van der Waals surface area (Å²) >= 11 is 0. The van der Waals surface area contributed by atoms with Gasteiger partial charge < -0.3 is 4.74 Å². The van der Waals surface area contributed by atoms with Crippen molar-refractivity contribution in [3.8, 4) is 5.75 Å². The van der Waals surface area contributed by atoms with Gasteiger partial charge in [-0.15, -0.1) is 0 Å². The lowest BCUT2D eigenvalue weighted by atomic mass is 9.64. The molecule has 20 heavy (non-hydrogen) atoms. The van der Waals surface area contributed by atoms with Gasteiger partial charge in [-0.1, -0.05) is 36.8 Å². The van der Waals surface area contributed by atoms with Crippen molar-refractivity contribution in [1.29, 1.82) is 0 Å². The van der Waals surface area contributed by atoms with Gasteiger partial charge in [0, 0.05) is 5.41 Å². The molecule has 1 unspecified atom stereocenters. The molecule has 0 fully saturated rings. The van der Waals surface area contributed by atoms with E-state index in [0.29, 0.717) is 0 Å². The van der Waals surface area contributed by atoms with Crippen LogP contribution in [0.5, 0.6) is 5.75 Å². The summed E-state index contributed by atoms with van der Waals surface area (Å²) in [5.41, 5.74) is 6.19.